The summed E-state index contributed by atoms with van der Waals surface area (Å²) in [5.41, 5.74) is 0.812. The fraction of sp³-hybridized carbons (Fsp3) is 0.438. The topological polar surface area (TPSA) is 44.8 Å². The van der Waals surface area contributed by atoms with Gasteiger partial charge in [-0.2, -0.15) is 0 Å². The molecule has 0 spiro atoms. The van der Waals surface area contributed by atoms with Crippen LogP contribution in [0.25, 0.3) is 6.08 Å². The minimum Gasteiger partial charge on any atom is -0.373 e. The fourth-order valence-corrected chi connectivity index (χ4v) is 1.69. The quantitative estimate of drug-likeness (QED) is 0.794. The van der Waals surface area contributed by atoms with Crippen LogP contribution in [0.15, 0.2) is 36.9 Å². The number of aldehydes is 1. The van der Waals surface area contributed by atoms with Crippen LogP contribution in [0.4, 0.5) is 0 Å². The molecule has 0 radical (unpaired) electrons. The van der Waals surface area contributed by atoms with Crippen molar-refractivity contribution in [2.24, 2.45) is 0 Å². The van der Waals surface area contributed by atoms with Crippen LogP contribution in [0.5, 0.6) is 0 Å². The van der Waals surface area contributed by atoms with Crippen LogP contribution in [0.2, 0.25) is 0 Å². The Bertz CT molecular complexity index is 388. The number of carbonyl (C=O) groups is 1. The summed E-state index contributed by atoms with van der Waals surface area (Å²) in [5, 5.41) is 0. The molecule has 0 unspecified atom stereocenters. The first kappa shape index (κ1) is 16.6. The fourth-order valence-electron chi connectivity index (χ4n) is 1.69. The Morgan fingerprint density at radius 3 is 2.30 bits per heavy atom. The summed E-state index contributed by atoms with van der Waals surface area (Å²) in [6, 6.07) is 10.0. The molecule has 20 heavy (non-hydrogen) atoms. The SMILES string of the molecule is C=Cc1ccccc1.CCC1(OC)COC(C=O)OC1. The van der Waals surface area contributed by atoms with Crippen molar-refractivity contribution >= 4 is 12.4 Å². The molecular weight excluding hydrogens is 256 g/mol. The Hall–Kier alpha value is -1.49. The zero-order valence-corrected chi connectivity index (χ0v) is 12.1. The van der Waals surface area contributed by atoms with E-state index in [0.717, 1.165) is 6.42 Å². The molecule has 1 fully saturated rings. The lowest BCUT2D eigenvalue weighted by atomic mass is 10.0. The maximum absolute atomic E-state index is 10.3. The van der Waals surface area contributed by atoms with Gasteiger partial charge in [0, 0.05) is 7.11 Å². The first-order chi connectivity index (χ1) is 9.69. The highest BCUT2D eigenvalue weighted by atomic mass is 16.7. The maximum atomic E-state index is 10.3. The van der Waals surface area contributed by atoms with E-state index in [9.17, 15) is 4.79 Å². The van der Waals surface area contributed by atoms with Crippen LogP contribution < -0.4 is 0 Å². The summed E-state index contributed by atoms with van der Waals surface area (Å²) in [7, 11) is 1.62. The molecule has 1 saturated heterocycles. The highest BCUT2D eigenvalue weighted by Gasteiger charge is 2.35. The lowest BCUT2D eigenvalue weighted by Crippen LogP contribution is -2.48. The summed E-state index contributed by atoms with van der Waals surface area (Å²) in [6.07, 6.45) is 2.59. The number of carbonyl (C=O) groups excluding carboxylic acids is 1. The molecule has 4 nitrogen and oxygen atoms in total. The van der Waals surface area contributed by atoms with Gasteiger partial charge in [-0.15, -0.1) is 0 Å². The Morgan fingerprint density at radius 2 is 1.95 bits per heavy atom. The predicted octanol–water partition coefficient (Wildman–Crippen LogP) is 2.68. The first-order valence-electron chi connectivity index (χ1n) is 6.61. The van der Waals surface area contributed by atoms with E-state index in [1.807, 2.05) is 43.3 Å². The molecule has 1 aromatic carbocycles. The molecule has 1 aliphatic heterocycles. The van der Waals surface area contributed by atoms with Gasteiger partial charge in [0.25, 0.3) is 0 Å². The van der Waals surface area contributed by atoms with E-state index in [-0.39, 0.29) is 5.60 Å². The molecule has 0 atom stereocenters. The monoisotopic (exact) mass is 278 g/mol. The van der Waals surface area contributed by atoms with E-state index >= 15 is 0 Å². The predicted molar refractivity (Wildman–Crippen MR) is 78.3 cm³/mol. The second-order valence-electron chi connectivity index (χ2n) is 4.48. The van der Waals surface area contributed by atoms with Gasteiger partial charge in [-0.1, -0.05) is 49.9 Å². The molecule has 0 aliphatic carbocycles. The zero-order valence-electron chi connectivity index (χ0n) is 12.1. The number of methoxy groups -OCH3 is 1. The summed E-state index contributed by atoms with van der Waals surface area (Å²) < 4.78 is 15.5. The van der Waals surface area contributed by atoms with Crippen molar-refractivity contribution in [2.45, 2.75) is 25.2 Å². The zero-order chi connectivity index (χ0) is 14.8. The van der Waals surface area contributed by atoms with Crippen LogP contribution >= 0.6 is 0 Å². The first-order valence-corrected chi connectivity index (χ1v) is 6.61. The molecule has 0 saturated carbocycles. The lowest BCUT2D eigenvalue weighted by Gasteiger charge is -2.36. The van der Waals surface area contributed by atoms with Crippen LogP contribution in [0.1, 0.15) is 18.9 Å². The van der Waals surface area contributed by atoms with E-state index in [4.69, 9.17) is 14.2 Å². The van der Waals surface area contributed by atoms with Gasteiger partial charge in [-0.25, -0.2) is 0 Å². The van der Waals surface area contributed by atoms with E-state index in [2.05, 4.69) is 6.58 Å². The number of rotatable bonds is 4. The highest BCUT2D eigenvalue weighted by molar-refractivity contribution is 5.54. The second-order valence-corrected chi connectivity index (χ2v) is 4.48. The summed E-state index contributed by atoms with van der Waals surface area (Å²) in [6.45, 7) is 6.47. The second kappa shape index (κ2) is 8.64. The van der Waals surface area contributed by atoms with Gasteiger partial charge in [0.15, 0.2) is 6.29 Å². The normalized spacial score (nSPS) is 25.2. The van der Waals surface area contributed by atoms with Gasteiger partial charge in [0.2, 0.25) is 6.29 Å². The highest BCUT2D eigenvalue weighted by Crippen LogP contribution is 2.21. The summed E-state index contributed by atoms with van der Waals surface area (Å²) in [4.78, 5) is 10.3. The molecule has 0 N–H and O–H groups in total. The van der Waals surface area contributed by atoms with Gasteiger partial charge < -0.3 is 14.2 Å². The third kappa shape index (κ3) is 4.89. The van der Waals surface area contributed by atoms with Crippen molar-refractivity contribution in [2.75, 3.05) is 20.3 Å². The summed E-state index contributed by atoms with van der Waals surface area (Å²) >= 11 is 0. The van der Waals surface area contributed by atoms with Crippen LogP contribution in [0.3, 0.4) is 0 Å². The number of benzene rings is 1. The van der Waals surface area contributed by atoms with Crippen LogP contribution in [0, 0.1) is 0 Å². The molecule has 110 valence electrons. The Morgan fingerprint density at radius 1 is 1.35 bits per heavy atom. The van der Waals surface area contributed by atoms with Crippen molar-refractivity contribution in [3.63, 3.8) is 0 Å². The summed E-state index contributed by atoms with van der Waals surface area (Å²) in [5.74, 6) is 0. The Labute approximate surface area is 120 Å². The third-order valence-corrected chi connectivity index (χ3v) is 3.25. The van der Waals surface area contributed by atoms with Crippen molar-refractivity contribution in [1.82, 2.24) is 0 Å². The lowest BCUT2D eigenvalue weighted by molar-refractivity contribution is -0.246. The average Bonchev–Trinajstić information content (AvgIpc) is 2.56. The number of ether oxygens (including phenoxy) is 3. The van der Waals surface area contributed by atoms with Crippen molar-refractivity contribution in [3.05, 3.63) is 42.5 Å². The van der Waals surface area contributed by atoms with E-state index in [1.165, 1.54) is 5.56 Å². The third-order valence-electron chi connectivity index (χ3n) is 3.25. The van der Waals surface area contributed by atoms with E-state index in [0.29, 0.717) is 19.5 Å². The van der Waals surface area contributed by atoms with Crippen molar-refractivity contribution < 1.29 is 19.0 Å². The van der Waals surface area contributed by atoms with Gasteiger partial charge in [-0.05, 0) is 12.0 Å². The minimum atomic E-state index is -0.708. The van der Waals surface area contributed by atoms with Gasteiger partial charge in [-0.3, -0.25) is 4.79 Å². The van der Waals surface area contributed by atoms with Crippen molar-refractivity contribution in [3.8, 4) is 0 Å². The molecular formula is C16H22O4. The van der Waals surface area contributed by atoms with Crippen LogP contribution in [-0.4, -0.2) is 38.5 Å². The minimum absolute atomic E-state index is 0.362. The Balaban J connectivity index is 0.000000217. The van der Waals surface area contributed by atoms with Gasteiger partial charge in [0.1, 0.15) is 5.60 Å². The van der Waals surface area contributed by atoms with Gasteiger partial charge in [0.05, 0.1) is 13.2 Å². The standard InChI is InChI=1S/C8H14O4.C8H8/c1-3-8(10-2)5-11-7(4-9)12-6-8;1-2-8-6-4-3-5-7-8/h4,7H,3,5-6H2,1-2H3;2-7H,1H2. The molecule has 1 aliphatic rings. The molecule has 4 heteroatoms. The molecule has 0 amide bonds. The average molecular weight is 278 g/mol. The number of hydrogen-bond acceptors (Lipinski definition) is 4. The molecule has 0 aromatic heterocycles. The molecule has 2 rings (SSSR count). The van der Waals surface area contributed by atoms with E-state index in [1.54, 1.807) is 7.11 Å². The van der Waals surface area contributed by atoms with Gasteiger partial charge >= 0.3 is 0 Å². The molecule has 0 bridgehead atoms. The van der Waals surface area contributed by atoms with Crippen LogP contribution in [-0.2, 0) is 19.0 Å². The molecule has 1 heterocycles. The molecule has 1 aromatic rings. The number of hydrogen-bond donors (Lipinski definition) is 0. The van der Waals surface area contributed by atoms with Crippen molar-refractivity contribution in [1.29, 1.82) is 0 Å². The Kier molecular flexibility index (Phi) is 7.15. The maximum Gasteiger partial charge on any atom is 0.214 e. The van der Waals surface area contributed by atoms with E-state index < -0.39 is 6.29 Å². The largest absolute Gasteiger partial charge is 0.373 e. The smallest absolute Gasteiger partial charge is 0.214 e.